The van der Waals surface area contributed by atoms with Crippen LogP contribution in [0, 0.1) is 0 Å². The van der Waals surface area contributed by atoms with Gasteiger partial charge in [-0.15, -0.1) is 0 Å². The molecular weight excluding hydrogens is 140 g/mol. The third-order valence-electron chi connectivity index (χ3n) is 2.11. The van der Waals surface area contributed by atoms with E-state index in [1.54, 1.807) is 6.26 Å². The lowest BCUT2D eigenvalue weighted by atomic mass is 10.1. The highest BCUT2D eigenvalue weighted by molar-refractivity contribution is 4.99. The second-order valence-corrected chi connectivity index (χ2v) is 2.99. The number of nitrogens with zero attached hydrogens (tertiary/aromatic N) is 1. The van der Waals surface area contributed by atoms with Crippen LogP contribution in [0.25, 0.3) is 0 Å². The molecule has 1 saturated heterocycles. The number of nitrogens with one attached hydrogen (secondary N) is 1. The summed E-state index contributed by atoms with van der Waals surface area (Å²) in [6.45, 7) is 1.16. The molecule has 0 saturated carbocycles. The monoisotopic (exact) mass is 152 g/mol. The van der Waals surface area contributed by atoms with Gasteiger partial charge in [-0.25, -0.2) is 0 Å². The fourth-order valence-electron chi connectivity index (χ4n) is 1.53. The van der Waals surface area contributed by atoms with Gasteiger partial charge in [-0.1, -0.05) is 5.16 Å². The van der Waals surface area contributed by atoms with Crippen LogP contribution in [-0.2, 0) is 6.42 Å². The van der Waals surface area contributed by atoms with E-state index in [2.05, 4.69) is 10.5 Å². The van der Waals surface area contributed by atoms with Crippen molar-refractivity contribution in [1.29, 1.82) is 0 Å². The van der Waals surface area contributed by atoms with Gasteiger partial charge in [0, 0.05) is 18.5 Å². The zero-order valence-electron chi connectivity index (χ0n) is 6.42. The zero-order chi connectivity index (χ0) is 7.52. The fourth-order valence-corrected chi connectivity index (χ4v) is 1.53. The maximum atomic E-state index is 4.75. The fraction of sp³-hybridized carbons (Fsp3) is 0.625. The number of rotatable bonds is 2. The quantitative estimate of drug-likeness (QED) is 0.686. The van der Waals surface area contributed by atoms with Crippen LogP contribution in [0.2, 0.25) is 0 Å². The van der Waals surface area contributed by atoms with Gasteiger partial charge in [0.2, 0.25) is 0 Å². The highest BCUT2D eigenvalue weighted by Crippen LogP contribution is 2.09. The molecule has 0 amide bonds. The highest BCUT2D eigenvalue weighted by Gasteiger charge is 2.15. The molecule has 60 valence electrons. The average molecular weight is 152 g/mol. The molecule has 1 N–H and O–H groups in total. The van der Waals surface area contributed by atoms with Crippen LogP contribution >= 0.6 is 0 Å². The molecule has 3 heteroatoms. The standard InChI is InChI=1S/C8H12N2O/c1-2-7(9-4-1)6-8-3-5-11-10-8/h3,5,7,9H,1-2,4,6H2. The van der Waals surface area contributed by atoms with Gasteiger partial charge in [-0.3, -0.25) is 0 Å². The van der Waals surface area contributed by atoms with Crippen LogP contribution in [0.5, 0.6) is 0 Å². The normalized spacial score (nSPS) is 24.2. The van der Waals surface area contributed by atoms with E-state index < -0.39 is 0 Å². The largest absolute Gasteiger partial charge is 0.365 e. The zero-order valence-corrected chi connectivity index (χ0v) is 6.42. The molecule has 0 aromatic carbocycles. The van der Waals surface area contributed by atoms with Crippen LogP contribution in [0.3, 0.4) is 0 Å². The minimum Gasteiger partial charge on any atom is -0.365 e. The van der Waals surface area contributed by atoms with Crippen molar-refractivity contribution < 1.29 is 4.52 Å². The molecule has 1 aliphatic rings. The van der Waals surface area contributed by atoms with Crippen LogP contribution in [0.1, 0.15) is 18.5 Å². The summed E-state index contributed by atoms with van der Waals surface area (Å²) in [5, 5.41) is 7.28. The molecule has 1 unspecified atom stereocenters. The molecular formula is C8H12N2O. The van der Waals surface area contributed by atoms with E-state index in [1.807, 2.05) is 6.07 Å². The van der Waals surface area contributed by atoms with Crippen molar-refractivity contribution in [2.75, 3.05) is 6.54 Å². The molecule has 0 bridgehead atoms. The molecule has 0 radical (unpaired) electrons. The van der Waals surface area contributed by atoms with Crippen molar-refractivity contribution in [3.8, 4) is 0 Å². The Labute approximate surface area is 65.8 Å². The minimum atomic E-state index is 0.625. The lowest BCUT2D eigenvalue weighted by Gasteiger charge is -2.05. The second kappa shape index (κ2) is 3.05. The van der Waals surface area contributed by atoms with Crippen LogP contribution < -0.4 is 5.32 Å². The Kier molecular flexibility index (Phi) is 1.90. The van der Waals surface area contributed by atoms with Crippen molar-refractivity contribution >= 4 is 0 Å². The van der Waals surface area contributed by atoms with Crippen molar-refractivity contribution in [3.63, 3.8) is 0 Å². The van der Waals surface area contributed by atoms with Crippen LogP contribution in [-0.4, -0.2) is 17.7 Å². The van der Waals surface area contributed by atoms with Gasteiger partial charge in [-0.2, -0.15) is 0 Å². The summed E-state index contributed by atoms with van der Waals surface area (Å²) in [5.41, 5.74) is 1.06. The van der Waals surface area contributed by atoms with Gasteiger partial charge in [0.25, 0.3) is 0 Å². The molecule has 2 heterocycles. The molecule has 1 atom stereocenters. The Bertz CT molecular complexity index is 202. The topological polar surface area (TPSA) is 38.1 Å². The summed E-state index contributed by atoms with van der Waals surface area (Å²) < 4.78 is 4.75. The molecule has 1 fully saturated rings. The van der Waals surface area contributed by atoms with Gasteiger partial charge in [-0.05, 0) is 19.4 Å². The molecule has 2 rings (SSSR count). The first-order valence-corrected chi connectivity index (χ1v) is 4.08. The van der Waals surface area contributed by atoms with Gasteiger partial charge < -0.3 is 9.84 Å². The maximum absolute atomic E-state index is 4.75. The third kappa shape index (κ3) is 1.60. The van der Waals surface area contributed by atoms with Crippen molar-refractivity contribution in [3.05, 3.63) is 18.0 Å². The average Bonchev–Trinajstić information content (AvgIpc) is 2.60. The number of hydrogen-bond donors (Lipinski definition) is 1. The summed E-state index contributed by atoms with van der Waals surface area (Å²) in [7, 11) is 0. The molecule has 1 aromatic heterocycles. The first-order chi connectivity index (χ1) is 5.45. The Morgan fingerprint density at radius 2 is 2.73 bits per heavy atom. The SMILES string of the molecule is c1cc(CC2CCCN2)no1. The van der Waals surface area contributed by atoms with Crippen molar-refractivity contribution in [2.24, 2.45) is 0 Å². The molecule has 1 aliphatic heterocycles. The Morgan fingerprint density at radius 1 is 1.73 bits per heavy atom. The molecule has 1 aromatic rings. The predicted octanol–water partition coefficient (Wildman–Crippen LogP) is 0.969. The lowest BCUT2D eigenvalue weighted by Crippen LogP contribution is -2.23. The summed E-state index contributed by atoms with van der Waals surface area (Å²) in [5.74, 6) is 0. The van der Waals surface area contributed by atoms with Crippen molar-refractivity contribution in [2.45, 2.75) is 25.3 Å². The molecule has 3 nitrogen and oxygen atoms in total. The van der Waals surface area contributed by atoms with E-state index in [1.165, 1.54) is 12.8 Å². The minimum absolute atomic E-state index is 0.625. The van der Waals surface area contributed by atoms with E-state index in [9.17, 15) is 0 Å². The summed E-state index contributed by atoms with van der Waals surface area (Å²) in [6, 6.07) is 2.56. The summed E-state index contributed by atoms with van der Waals surface area (Å²) in [4.78, 5) is 0. The molecule has 0 aliphatic carbocycles. The van der Waals surface area contributed by atoms with E-state index in [0.29, 0.717) is 6.04 Å². The first-order valence-electron chi connectivity index (χ1n) is 4.08. The highest BCUT2D eigenvalue weighted by atomic mass is 16.5. The van der Waals surface area contributed by atoms with E-state index in [-0.39, 0.29) is 0 Å². The van der Waals surface area contributed by atoms with E-state index in [0.717, 1.165) is 18.7 Å². The van der Waals surface area contributed by atoms with Gasteiger partial charge in [0.15, 0.2) is 0 Å². The van der Waals surface area contributed by atoms with Gasteiger partial charge >= 0.3 is 0 Å². The number of hydrogen-bond acceptors (Lipinski definition) is 3. The van der Waals surface area contributed by atoms with E-state index >= 15 is 0 Å². The summed E-state index contributed by atoms with van der Waals surface area (Å²) in [6.07, 6.45) is 5.20. The predicted molar refractivity (Wildman–Crippen MR) is 41.2 cm³/mol. The van der Waals surface area contributed by atoms with Gasteiger partial charge in [0.1, 0.15) is 6.26 Å². The molecule has 0 spiro atoms. The second-order valence-electron chi connectivity index (χ2n) is 2.99. The Balaban J connectivity index is 1.90. The van der Waals surface area contributed by atoms with Gasteiger partial charge in [0.05, 0.1) is 5.69 Å². The Morgan fingerprint density at radius 3 is 3.36 bits per heavy atom. The lowest BCUT2D eigenvalue weighted by molar-refractivity contribution is 0.407. The van der Waals surface area contributed by atoms with Crippen molar-refractivity contribution in [1.82, 2.24) is 10.5 Å². The maximum Gasteiger partial charge on any atom is 0.124 e. The van der Waals surface area contributed by atoms with Crippen LogP contribution in [0.15, 0.2) is 16.9 Å². The molecule has 11 heavy (non-hydrogen) atoms. The summed E-state index contributed by atoms with van der Waals surface area (Å²) >= 11 is 0. The van der Waals surface area contributed by atoms with E-state index in [4.69, 9.17) is 4.52 Å². The third-order valence-corrected chi connectivity index (χ3v) is 2.11. The first kappa shape index (κ1) is 6.85. The smallest absolute Gasteiger partial charge is 0.124 e. The van der Waals surface area contributed by atoms with Crippen LogP contribution in [0.4, 0.5) is 0 Å². The number of aromatic nitrogens is 1. The Hall–Kier alpha value is -0.830.